The second-order valence-electron chi connectivity index (χ2n) is 4.38. The summed E-state index contributed by atoms with van der Waals surface area (Å²) in [5.41, 5.74) is 1.05. The Morgan fingerprint density at radius 1 is 1.39 bits per heavy atom. The summed E-state index contributed by atoms with van der Waals surface area (Å²) in [6.07, 6.45) is 2.78. The van der Waals surface area contributed by atoms with Crippen LogP contribution in [0.2, 0.25) is 0 Å². The van der Waals surface area contributed by atoms with Gasteiger partial charge in [-0.3, -0.25) is 4.90 Å². The lowest BCUT2D eigenvalue weighted by Gasteiger charge is -2.34. The van der Waals surface area contributed by atoms with Crippen LogP contribution in [0.4, 0.5) is 4.39 Å². The topological polar surface area (TPSA) is 15.3 Å². The minimum Gasteiger partial charge on any atom is -0.314 e. The monoisotopic (exact) mass is 270 g/mol. The fourth-order valence-electron chi connectivity index (χ4n) is 2.36. The van der Waals surface area contributed by atoms with Gasteiger partial charge in [0.05, 0.1) is 0 Å². The Kier molecular flexibility index (Phi) is 6.33. The maximum Gasteiger partial charge on any atom is 0.123 e. The molecule has 0 radical (unpaired) electrons. The van der Waals surface area contributed by atoms with E-state index >= 15 is 0 Å². The first-order chi connectivity index (χ1) is 8.31. The highest BCUT2D eigenvalue weighted by Gasteiger charge is 2.21. The van der Waals surface area contributed by atoms with E-state index in [0.717, 1.165) is 38.2 Å². The van der Waals surface area contributed by atoms with E-state index in [-0.39, 0.29) is 24.3 Å². The lowest BCUT2D eigenvalue weighted by Crippen LogP contribution is -2.45. The van der Waals surface area contributed by atoms with E-state index < -0.39 is 0 Å². The molecule has 1 aliphatic heterocycles. The van der Waals surface area contributed by atoms with Crippen molar-refractivity contribution in [1.29, 1.82) is 0 Å². The quantitative estimate of drug-likeness (QED) is 0.847. The molecule has 18 heavy (non-hydrogen) atoms. The molecule has 1 aliphatic rings. The van der Waals surface area contributed by atoms with Gasteiger partial charge in [0, 0.05) is 32.2 Å². The highest BCUT2D eigenvalue weighted by molar-refractivity contribution is 5.85. The van der Waals surface area contributed by atoms with Crippen molar-refractivity contribution in [2.75, 3.05) is 26.2 Å². The molecule has 0 saturated carbocycles. The van der Waals surface area contributed by atoms with Crippen molar-refractivity contribution in [3.05, 3.63) is 48.3 Å². The van der Waals surface area contributed by atoms with Crippen LogP contribution in [-0.4, -0.2) is 31.1 Å². The summed E-state index contributed by atoms with van der Waals surface area (Å²) in [4.78, 5) is 2.40. The molecule has 1 fully saturated rings. The van der Waals surface area contributed by atoms with Gasteiger partial charge in [0.2, 0.25) is 0 Å². The lowest BCUT2D eigenvalue weighted by atomic mass is 10.0. The van der Waals surface area contributed by atoms with Gasteiger partial charge < -0.3 is 5.32 Å². The fourth-order valence-corrected chi connectivity index (χ4v) is 2.36. The molecule has 0 aromatic heterocycles. The Balaban J connectivity index is 0.00000162. The molecular formula is C14H20ClFN2. The Morgan fingerprint density at radius 3 is 2.72 bits per heavy atom. The minimum atomic E-state index is -0.160. The van der Waals surface area contributed by atoms with Gasteiger partial charge in [-0.05, 0) is 24.1 Å². The Hall–Kier alpha value is -0.900. The zero-order chi connectivity index (χ0) is 12.1. The average Bonchev–Trinajstić information content (AvgIpc) is 2.37. The molecule has 1 heterocycles. The van der Waals surface area contributed by atoms with E-state index in [2.05, 4.69) is 16.8 Å². The number of nitrogens with zero attached hydrogens (tertiary/aromatic N) is 1. The van der Waals surface area contributed by atoms with Gasteiger partial charge in [-0.2, -0.15) is 0 Å². The van der Waals surface area contributed by atoms with Gasteiger partial charge in [0.15, 0.2) is 0 Å². The van der Waals surface area contributed by atoms with Crippen molar-refractivity contribution in [2.24, 2.45) is 0 Å². The first-order valence-corrected chi connectivity index (χ1v) is 6.12. The number of piperazine rings is 1. The molecular weight excluding hydrogens is 251 g/mol. The minimum absolute atomic E-state index is 0. The fraction of sp³-hybridized carbons (Fsp3) is 0.429. The summed E-state index contributed by atoms with van der Waals surface area (Å²) in [5.74, 6) is -0.160. The Labute approximate surface area is 114 Å². The van der Waals surface area contributed by atoms with Crippen molar-refractivity contribution in [3.8, 4) is 0 Å². The third kappa shape index (κ3) is 3.80. The van der Waals surface area contributed by atoms with Gasteiger partial charge in [-0.15, -0.1) is 19.0 Å². The molecule has 1 atom stereocenters. The maximum atomic E-state index is 13.3. The summed E-state index contributed by atoms with van der Waals surface area (Å²) >= 11 is 0. The van der Waals surface area contributed by atoms with E-state index in [9.17, 15) is 4.39 Å². The van der Waals surface area contributed by atoms with E-state index in [0.29, 0.717) is 0 Å². The molecule has 2 rings (SSSR count). The maximum absolute atomic E-state index is 13.3. The number of benzene rings is 1. The molecule has 0 spiro atoms. The molecule has 0 amide bonds. The number of nitrogens with one attached hydrogen (secondary N) is 1. The van der Waals surface area contributed by atoms with Crippen molar-refractivity contribution >= 4 is 12.4 Å². The molecule has 2 nitrogen and oxygen atoms in total. The van der Waals surface area contributed by atoms with Crippen LogP contribution in [0.3, 0.4) is 0 Å². The summed E-state index contributed by atoms with van der Waals surface area (Å²) < 4.78 is 13.3. The standard InChI is InChI=1S/C14H19FN2.ClH/c1-2-4-14(17-9-7-16-8-10-17)12-5-3-6-13(15)11-12;/h2-3,5-6,11,14,16H,1,4,7-10H2;1H/t14-;/m0./s1. The summed E-state index contributed by atoms with van der Waals surface area (Å²) in [7, 11) is 0. The van der Waals surface area contributed by atoms with Crippen LogP contribution in [0.25, 0.3) is 0 Å². The van der Waals surface area contributed by atoms with Gasteiger partial charge in [0.1, 0.15) is 5.82 Å². The number of rotatable bonds is 4. The van der Waals surface area contributed by atoms with Crippen molar-refractivity contribution in [1.82, 2.24) is 10.2 Å². The number of hydrogen-bond donors (Lipinski definition) is 1. The molecule has 0 aliphatic carbocycles. The van der Waals surface area contributed by atoms with Crippen molar-refractivity contribution < 1.29 is 4.39 Å². The highest BCUT2D eigenvalue weighted by atomic mass is 35.5. The van der Waals surface area contributed by atoms with Crippen LogP contribution >= 0.6 is 12.4 Å². The zero-order valence-corrected chi connectivity index (χ0v) is 11.3. The summed E-state index contributed by atoms with van der Waals surface area (Å²) in [6.45, 7) is 7.83. The number of halogens is 2. The summed E-state index contributed by atoms with van der Waals surface area (Å²) in [5, 5.41) is 3.33. The van der Waals surface area contributed by atoms with Crippen LogP contribution in [0.5, 0.6) is 0 Å². The van der Waals surface area contributed by atoms with E-state index in [4.69, 9.17) is 0 Å². The second-order valence-corrected chi connectivity index (χ2v) is 4.38. The zero-order valence-electron chi connectivity index (χ0n) is 10.4. The summed E-state index contributed by atoms with van der Waals surface area (Å²) in [6, 6.07) is 7.16. The molecule has 4 heteroatoms. The molecule has 0 unspecified atom stereocenters. The second kappa shape index (κ2) is 7.52. The third-order valence-electron chi connectivity index (χ3n) is 3.22. The smallest absolute Gasteiger partial charge is 0.123 e. The molecule has 1 saturated heterocycles. The van der Waals surface area contributed by atoms with Gasteiger partial charge in [-0.1, -0.05) is 18.2 Å². The van der Waals surface area contributed by atoms with Crippen LogP contribution in [0, 0.1) is 5.82 Å². The molecule has 0 bridgehead atoms. The largest absolute Gasteiger partial charge is 0.314 e. The van der Waals surface area contributed by atoms with Gasteiger partial charge >= 0.3 is 0 Å². The van der Waals surface area contributed by atoms with Crippen LogP contribution in [0.1, 0.15) is 18.0 Å². The first kappa shape index (κ1) is 15.2. The van der Waals surface area contributed by atoms with Crippen LogP contribution in [0.15, 0.2) is 36.9 Å². The average molecular weight is 271 g/mol. The van der Waals surface area contributed by atoms with Crippen LogP contribution in [-0.2, 0) is 0 Å². The Bertz CT molecular complexity index is 378. The molecule has 100 valence electrons. The molecule has 1 N–H and O–H groups in total. The normalized spacial score (nSPS) is 17.8. The highest BCUT2D eigenvalue weighted by Crippen LogP contribution is 2.25. The third-order valence-corrected chi connectivity index (χ3v) is 3.22. The molecule has 1 aromatic carbocycles. The number of hydrogen-bond acceptors (Lipinski definition) is 2. The van der Waals surface area contributed by atoms with Crippen molar-refractivity contribution in [2.45, 2.75) is 12.5 Å². The SMILES string of the molecule is C=CC[C@@H](c1cccc(F)c1)N1CCNCC1.Cl. The predicted molar refractivity (Wildman–Crippen MR) is 75.6 cm³/mol. The van der Waals surface area contributed by atoms with Crippen LogP contribution < -0.4 is 5.32 Å². The molecule has 1 aromatic rings. The van der Waals surface area contributed by atoms with Gasteiger partial charge in [0.25, 0.3) is 0 Å². The van der Waals surface area contributed by atoms with Gasteiger partial charge in [-0.25, -0.2) is 4.39 Å². The van der Waals surface area contributed by atoms with Crippen molar-refractivity contribution in [3.63, 3.8) is 0 Å². The first-order valence-electron chi connectivity index (χ1n) is 6.12. The lowest BCUT2D eigenvalue weighted by molar-refractivity contribution is 0.174. The van der Waals surface area contributed by atoms with E-state index in [1.807, 2.05) is 12.1 Å². The predicted octanol–water partition coefficient (Wildman–Crippen LogP) is 2.77. The van der Waals surface area contributed by atoms with E-state index in [1.54, 1.807) is 12.1 Å². The van der Waals surface area contributed by atoms with E-state index in [1.165, 1.54) is 6.07 Å². The Morgan fingerprint density at radius 2 is 2.11 bits per heavy atom.